The number of Topliss-reactive ketones (excluding diaryl/α,β-unsaturated/α-hetero) is 1. The van der Waals surface area contributed by atoms with Crippen molar-refractivity contribution in [3.05, 3.63) is 28.2 Å². The van der Waals surface area contributed by atoms with Crippen molar-refractivity contribution in [2.45, 2.75) is 20.8 Å². The molecule has 1 aromatic rings. The first-order valence-electron chi connectivity index (χ1n) is 4.92. The van der Waals surface area contributed by atoms with Gasteiger partial charge in [-0.05, 0) is 12.1 Å². The summed E-state index contributed by atoms with van der Waals surface area (Å²) in [6, 6.07) is 5.08. The molecule has 0 fully saturated rings. The largest absolute Gasteiger partial charge is 0.484 e. The van der Waals surface area contributed by atoms with E-state index >= 15 is 0 Å². The highest BCUT2D eigenvalue weighted by molar-refractivity contribution is 6.42. The molecule has 0 saturated carbocycles. The van der Waals surface area contributed by atoms with Crippen molar-refractivity contribution in [3.63, 3.8) is 0 Å². The van der Waals surface area contributed by atoms with Crippen LogP contribution in [-0.2, 0) is 4.79 Å². The van der Waals surface area contributed by atoms with E-state index < -0.39 is 5.41 Å². The lowest BCUT2D eigenvalue weighted by Crippen LogP contribution is -2.26. The fraction of sp³-hybridized carbons (Fsp3) is 0.417. The molecule has 0 heterocycles. The maximum atomic E-state index is 11.6. The zero-order valence-corrected chi connectivity index (χ0v) is 11.0. The second-order valence-corrected chi connectivity index (χ2v) is 5.30. The monoisotopic (exact) mass is 260 g/mol. The molecule has 0 unspecified atom stereocenters. The molecule has 0 amide bonds. The molecule has 0 aliphatic carbocycles. The SMILES string of the molecule is CC(C)(C)C(=O)COc1cccc(Cl)c1Cl. The van der Waals surface area contributed by atoms with E-state index in [2.05, 4.69) is 0 Å². The molecule has 2 nitrogen and oxygen atoms in total. The van der Waals surface area contributed by atoms with Crippen molar-refractivity contribution in [1.29, 1.82) is 0 Å². The molecule has 0 aliphatic rings. The van der Waals surface area contributed by atoms with Crippen molar-refractivity contribution in [2.24, 2.45) is 5.41 Å². The van der Waals surface area contributed by atoms with Gasteiger partial charge in [0.05, 0.1) is 5.02 Å². The van der Waals surface area contributed by atoms with E-state index in [0.717, 1.165) is 0 Å². The fourth-order valence-corrected chi connectivity index (χ4v) is 1.30. The quantitative estimate of drug-likeness (QED) is 0.822. The lowest BCUT2D eigenvalue weighted by molar-refractivity contribution is -0.128. The molecule has 1 aromatic carbocycles. The number of hydrogen-bond acceptors (Lipinski definition) is 2. The smallest absolute Gasteiger partial charge is 0.175 e. The third kappa shape index (κ3) is 3.39. The summed E-state index contributed by atoms with van der Waals surface area (Å²) in [5.41, 5.74) is -0.412. The van der Waals surface area contributed by atoms with Gasteiger partial charge in [0.15, 0.2) is 5.78 Å². The van der Waals surface area contributed by atoms with Gasteiger partial charge in [0.1, 0.15) is 17.4 Å². The van der Waals surface area contributed by atoms with Crippen LogP contribution in [0.25, 0.3) is 0 Å². The molecule has 0 radical (unpaired) electrons. The average molecular weight is 261 g/mol. The zero-order chi connectivity index (χ0) is 12.3. The minimum Gasteiger partial charge on any atom is -0.484 e. The Morgan fingerprint density at radius 2 is 1.94 bits per heavy atom. The van der Waals surface area contributed by atoms with Crippen LogP contribution in [0, 0.1) is 5.41 Å². The summed E-state index contributed by atoms with van der Waals surface area (Å²) in [7, 11) is 0. The molecule has 0 aromatic heterocycles. The van der Waals surface area contributed by atoms with Crippen LogP contribution < -0.4 is 4.74 Å². The maximum absolute atomic E-state index is 11.6. The zero-order valence-electron chi connectivity index (χ0n) is 9.51. The summed E-state index contributed by atoms with van der Waals surface area (Å²) < 4.78 is 5.34. The summed E-state index contributed by atoms with van der Waals surface area (Å²) in [4.78, 5) is 11.6. The van der Waals surface area contributed by atoms with E-state index in [1.54, 1.807) is 18.2 Å². The van der Waals surface area contributed by atoms with Crippen LogP contribution in [0.1, 0.15) is 20.8 Å². The number of carbonyl (C=O) groups excluding carboxylic acids is 1. The molecule has 0 saturated heterocycles. The van der Waals surface area contributed by atoms with Crippen molar-refractivity contribution in [1.82, 2.24) is 0 Å². The van der Waals surface area contributed by atoms with Gasteiger partial charge < -0.3 is 4.74 Å². The first-order chi connectivity index (χ1) is 7.32. The Bertz CT molecular complexity index is 394. The Balaban J connectivity index is 2.69. The normalized spacial score (nSPS) is 11.3. The van der Waals surface area contributed by atoms with Gasteiger partial charge in [0, 0.05) is 5.41 Å². The second-order valence-electron chi connectivity index (χ2n) is 4.51. The minimum absolute atomic E-state index is 0.00353. The molecule has 0 spiro atoms. The summed E-state index contributed by atoms with van der Waals surface area (Å²) in [5, 5.41) is 0.758. The van der Waals surface area contributed by atoms with Gasteiger partial charge in [-0.3, -0.25) is 4.79 Å². The lowest BCUT2D eigenvalue weighted by Gasteiger charge is -2.17. The highest BCUT2D eigenvalue weighted by Crippen LogP contribution is 2.31. The summed E-state index contributed by atoms with van der Waals surface area (Å²) >= 11 is 11.7. The Hall–Kier alpha value is -0.730. The Morgan fingerprint density at radius 3 is 2.50 bits per heavy atom. The lowest BCUT2D eigenvalue weighted by atomic mass is 9.91. The van der Waals surface area contributed by atoms with Gasteiger partial charge in [0.25, 0.3) is 0 Å². The Morgan fingerprint density at radius 1 is 1.31 bits per heavy atom. The standard InChI is InChI=1S/C12H14Cl2O2/c1-12(2,3)10(15)7-16-9-6-4-5-8(13)11(9)14/h4-6H,7H2,1-3H3. The third-order valence-electron chi connectivity index (χ3n) is 2.11. The molecular weight excluding hydrogens is 247 g/mol. The van der Waals surface area contributed by atoms with Crippen molar-refractivity contribution in [2.75, 3.05) is 6.61 Å². The molecule has 16 heavy (non-hydrogen) atoms. The number of carbonyl (C=O) groups is 1. The van der Waals surface area contributed by atoms with Crippen LogP contribution >= 0.6 is 23.2 Å². The Labute approximate surface area is 106 Å². The van der Waals surface area contributed by atoms with Crippen LogP contribution in [0.5, 0.6) is 5.75 Å². The second kappa shape index (κ2) is 5.07. The van der Waals surface area contributed by atoms with E-state index in [9.17, 15) is 4.79 Å². The van der Waals surface area contributed by atoms with Crippen LogP contribution in [0.3, 0.4) is 0 Å². The van der Waals surface area contributed by atoms with Crippen LogP contribution in [0.4, 0.5) is 0 Å². The molecule has 1 rings (SSSR count). The third-order valence-corrected chi connectivity index (χ3v) is 2.91. The number of ketones is 1. The van der Waals surface area contributed by atoms with Gasteiger partial charge in [-0.2, -0.15) is 0 Å². The van der Waals surface area contributed by atoms with E-state index in [4.69, 9.17) is 27.9 Å². The topological polar surface area (TPSA) is 26.3 Å². The van der Waals surface area contributed by atoms with Crippen LogP contribution in [-0.4, -0.2) is 12.4 Å². The van der Waals surface area contributed by atoms with Gasteiger partial charge in [0.2, 0.25) is 0 Å². The fourth-order valence-electron chi connectivity index (χ4n) is 0.955. The van der Waals surface area contributed by atoms with Gasteiger partial charge in [-0.25, -0.2) is 0 Å². The van der Waals surface area contributed by atoms with Crippen molar-refractivity contribution < 1.29 is 9.53 Å². The van der Waals surface area contributed by atoms with Crippen LogP contribution in [0.2, 0.25) is 10.0 Å². The summed E-state index contributed by atoms with van der Waals surface area (Å²) in [5.74, 6) is 0.454. The van der Waals surface area contributed by atoms with Crippen LogP contribution in [0.15, 0.2) is 18.2 Å². The van der Waals surface area contributed by atoms with Gasteiger partial charge in [-0.15, -0.1) is 0 Å². The number of hydrogen-bond donors (Lipinski definition) is 0. The summed E-state index contributed by atoms with van der Waals surface area (Å²) in [6.45, 7) is 5.54. The predicted octanol–water partition coefficient (Wildman–Crippen LogP) is 3.99. The predicted molar refractivity (Wildman–Crippen MR) is 66.4 cm³/mol. The maximum Gasteiger partial charge on any atom is 0.175 e. The van der Waals surface area contributed by atoms with Crippen molar-refractivity contribution in [3.8, 4) is 5.75 Å². The first kappa shape index (κ1) is 13.3. The van der Waals surface area contributed by atoms with Gasteiger partial charge in [-0.1, -0.05) is 50.0 Å². The average Bonchev–Trinajstić information content (AvgIpc) is 2.18. The minimum atomic E-state index is -0.412. The first-order valence-corrected chi connectivity index (χ1v) is 5.68. The number of rotatable bonds is 3. The number of halogens is 2. The molecule has 0 aliphatic heterocycles. The van der Waals surface area contributed by atoms with E-state index in [1.807, 2.05) is 20.8 Å². The van der Waals surface area contributed by atoms with E-state index in [1.165, 1.54) is 0 Å². The molecule has 4 heteroatoms. The molecule has 0 N–H and O–H groups in total. The molecular formula is C12H14Cl2O2. The highest BCUT2D eigenvalue weighted by atomic mass is 35.5. The van der Waals surface area contributed by atoms with E-state index in [-0.39, 0.29) is 12.4 Å². The molecule has 0 atom stereocenters. The number of benzene rings is 1. The highest BCUT2D eigenvalue weighted by Gasteiger charge is 2.21. The van der Waals surface area contributed by atoms with Gasteiger partial charge >= 0.3 is 0 Å². The summed E-state index contributed by atoms with van der Waals surface area (Å²) in [6.07, 6.45) is 0. The Kier molecular flexibility index (Phi) is 4.22. The van der Waals surface area contributed by atoms with Crippen molar-refractivity contribution >= 4 is 29.0 Å². The van der Waals surface area contributed by atoms with E-state index in [0.29, 0.717) is 15.8 Å². The number of ether oxygens (including phenoxy) is 1. The molecule has 88 valence electrons. The molecule has 0 bridgehead atoms.